The van der Waals surface area contributed by atoms with E-state index in [2.05, 4.69) is 15.3 Å². The Bertz CT molecular complexity index is 847. The van der Waals surface area contributed by atoms with Crippen LogP contribution in [-0.2, 0) is 9.47 Å². The lowest BCUT2D eigenvalue weighted by atomic mass is 10.0. The molecular formula is C20H26ClFN4O3. The molecule has 0 bridgehead atoms. The minimum absolute atomic E-state index is 0.0519. The molecule has 1 amide bonds. The molecule has 7 nitrogen and oxygen atoms in total. The van der Waals surface area contributed by atoms with Gasteiger partial charge in [0.05, 0.1) is 6.20 Å². The average Bonchev–Trinajstić information content (AvgIpc) is 2.61. The first kappa shape index (κ1) is 22.8. The van der Waals surface area contributed by atoms with Gasteiger partial charge in [0.1, 0.15) is 11.7 Å². The number of allylic oxidation sites excluding steroid dienone is 1. The van der Waals surface area contributed by atoms with Crippen LogP contribution in [0.4, 0.5) is 15.0 Å². The van der Waals surface area contributed by atoms with Crippen molar-refractivity contribution in [2.24, 2.45) is 0 Å². The average molecular weight is 425 g/mol. The summed E-state index contributed by atoms with van der Waals surface area (Å²) < 4.78 is 24.9. The van der Waals surface area contributed by atoms with E-state index < -0.39 is 17.5 Å². The number of amides is 1. The summed E-state index contributed by atoms with van der Waals surface area (Å²) in [4.78, 5) is 21.5. The Balaban J connectivity index is 2.34. The smallest absolute Gasteiger partial charge is 0.414 e. The van der Waals surface area contributed by atoms with E-state index in [-0.39, 0.29) is 23.2 Å². The Morgan fingerprint density at radius 3 is 2.69 bits per heavy atom. The molecule has 158 valence electrons. The number of ether oxygens (including phenoxy) is 2. The largest absolute Gasteiger partial charge is 0.443 e. The van der Waals surface area contributed by atoms with Crippen LogP contribution in [0.5, 0.6) is 0 Å². The van der Waals surface area contributed by atoms with Crippen molar-refractivity contribution >= 4 is 23.5 Å². The van der Waals surface area contributed by atoms with Crippen molar-refractivity contribution in [3.63, 3.8) is 0 Å². The van der Waals surface area contributed by atoms with Crippen molar-refractivity contribution in [2.75, 3.05) is 12.4 Å². The molecule has 2 rings (SSSR count). The van der Waals surface area contributed by atoms with Crippen LogP contribution in [0.3, 0.4) is 0 Å². The summed E-state index contributed by atoms with van der Waals surface area (Å²) in [6.45, 7) is 9.18. The van der Waals surface area contributed by atoms with Gasteiger partial charge in [0.25, 0.3) is 0 Å². The highest BCUT2D eigenvalue weighted by Gasteiger charge is 2.25. The van der Waals surface area contributed by atoms with Gasteiger partial charge in [-0.25, -0.2) is 14.2 Å². The Labute approximate surface area is 175 Å². The minimum Gasteiger partial charge on any atom is -0.443 e. The van der Waals surface area contributed by atoms with Gasteiger partial charge < -0.3 is 14.8 Å². The van der Waals surface area contributed by atoms with E-state index in [0.29, 0.717) is 11.3 Å². The van der Waals surface area contributed by atoms with Crippen molar-refractivity contribution < 1.29 is 18.7 Å². The third-order valence-electron chi connectivity index (χ3n) is 3.78. The van der Waals surface area contributed by atoms with Gasteiger partial charge in [0, 0.05) is 30.6 Å². The number of nitrogens with zero attached hydrogens (tertiary/aromatic N) is 3. The lowest BCUT2D eigenvalue weighted by Crippen LogP contribution is -2.38. The monoisotopic (exact) mass is 424 g/mol. The van der Waals surface area contributed by atoms with E-state index in [9.17, 15) is 9.18 Å². The van der Waals surface area contributed by atoms with Gasteiger partial charge in [0.15, 0.2) is 11.6 Å². The van der Waals surface area contributed by atoms with Crippen molar-refractivity contribution in [3.8, 4) is 0 Å². The fraction of sp³-hybridized carbons (Fsp3) is 0.450. The maximum Gasteiger partial charge on any atom is 0.414 e. The molecule has 1 aromatic heterocycles. The second kappa shape index (κ2) is 9.37. The first-order chi connectivity index (χ1) is 13.5. The van der Waals surface area contributed by atoms with Crippen LogP contribution in [0.2, 0.25) is 5.28 Å². The fourth-order valence-corrected chi connectivity index (χ4v) is 2.61. The Morgan fingerprint density at radius 2 is 2.10 bits per heavy atom. The molecule has 1 aromatic rings. The van der Waals surface area contributed by atoms with Crippen LogP contribution in [0.1, 0.15) is 34.6 Å². The van der Waals surface area contributed by atoms with E-state index in [4.69, 9.17) is 21.1 Å². The predicted molar refractivity (Wildman–Crippen MR) is 110 cm³/mol. The molecule has 1 heterocycles. The third-order valence-corrected chi connectivity index (χ3v) is 3.96. The van der Waals surface area contributed by atoms with E-state index in [1.807, 2.05) is 13.8 Å². The molecule has 0 aliphatic heterocycles. The maximum atomic E-state index is 13.9. The summed E-state index contributed by atoms with van der Waals surface area (Å²) in [5.41, 5.74) is 0.603. The number of anilines is 1. The van der Waals surface area contributed by atoms with E-state index in [0.717, 1.165) is 6.20 Å². The van der Waals surface area contributed by atoms with Crippen molar-refractivity contribution in [3.05, 3.63) is 53.0 Å². The second-order valence-corrected chi connectivity index (χ2v) is 8.02. The molecule has 29 heavy (non-hydrogen) atoms. The lowest BCUT2D eigenvalue weighted by molar-refractivity contribution is 0.0287. The molecule has 1 atom stereocenters. The summed E-state index contributed by atoms with van der Waals surface area (Å²) in [7, 11) is 1.56. The molecule has 0 aromatic carbocycles. The summed E-state index contributed by atoms with van der Waals surface area (Å²) >= 11 is 5.74. The number of carbonyl (C=O) groups excluding carboxylic acids is 1. The molecule has 9 heteroatoms. The third kappa shape index (κ3) is 6.54. The lowest BCUT2D eigenvalue weighted by Gasteiger charge is -2.29. The van der Waals surface area contributed by atoms with E-state index in [1.165, 1.54) is 4.90 Å². The minimum atomic E-state index is -0.638. The highest BCUT2D eigenvalue weighted by Crippen LogP contribution is 2.23. The first-order valence-corrected chi connectivity index (χ1v) is 9.48. The number of aromatic nitrogens is 2. The number of hydrogen-bond donors (Lipinski definition) is 1. The number of nitrogens with one attached hydrogen (secondary N) is 1. The topological polar surface area (TPSA) is 76.6 Å². The molecule has 0 fully saturated rings. The van der Waals surface area contributed by atoms with Crippen molar-refractivity contribution in [2.45, 2.75) is 52.4 Å². The normalized spacial score (nSPS) is 18.0. The molecule has 1 aliphatic carbocycles. The number of carbonyl (C=O) groups is 1. The SMILES string of the molecule is COC1C=CC(Nc2nc(Cl)ncc2F)=CC1=CN(C(=O)OC(C)(C)C)C(C)C. The number of hydrogen-bond acceptors (Lipinski definition) is 6. The molecule has 1 N–H and O–H groups in total. The Morgan fingerprint density at radius 1 is 1.41 bits per heavy atom. The summed E-state index contributed by atoms with van der Waals surface area (Å²) in [5.74, 6) is -0.690. The van der Waals surface area contributed by atoms with Gasteiger partial charge in [-0.05, 0) is 64.4 Å². The Hall–Kier alpha value is -2.45. The van der Waals surface area contributed by atoms with Crippen LogP contribution < -0.4 is 5.32 Å². The molecule has 0 saturated carbocycles. The highest BCUT2D eigenvalue weighted by atomic mass is 35.5. The first-order valence-electron chi connectivity index (χ1n) is 9.11. The van der Waals surface area contributed by atoms with E-state index >= 15 is 0 Å². The van der Waals surface area contributed by atoms with E-state index in [1.54, 1.807) is 52.3 Å². The zero-order valence-electron chi connectivity index (χ0n) is 17.4. The standard InChI is InChI=1S/C20H26ClFN4O3/c1-12(2)26(19(27)29-20(3,4)5)11-13-9-14(7-8-16(13)28-6)24-17-15(22)10-23-18(21)25-17/h7-12,16H,1-6H3,(H,23,24,25). The highest BCUT2D eigenvalue weighted by molar-refractivity contribution is 6.28. The van der Waals surface area contributed by atoms with Gasteiger partial charge in [0.2, 0.25) is 5.28 Å². The fourth-order valence-electron chi connectivity index (χ4n) is 2.47. The number of halogens is 2. The van der Waals surface area contributed by atoms with Gasteiger partial charge in [-0.3, -0.25) is 4.90 Å². The number of methoxy groups -OCH3 is 1. The van der Waals surface area contributed by atoms with Gasteiger partial charge in [-0.2, -0.15) is 4.98 Å². The van der Waals surface area contributed by atoms with Crippen LogP contribution in [0, 0.1) is 5.82 Å². The van der Waals surface area contributed by atoms with Crippen LogP contribution >= 0.6 is 11.6 Å². The van der Waals surface area contributed by atoms with Crippen LogP contribution in [-0.4, -0.2) is 45.8 Å². The number of rotatable bonds is 5. The molecule has 1 unspecified atom stereocenters. The maximum absolute atomic E-state index is 13.9. The Kier molecular flexibility index (Phi) is 7.37. The molecular weight excluding hydrogens is 399 g/mol. The quantitative estimate of drug-likeness (QED) is 0.691. The van der Waals surface area contributed by atoms with Gasteiger partial charge in [-0.15, -0.1) is 0 Å². The molecule has 1 aliphatic rings. The van der Waals surface area contributed by atoms with Crippen LogP contribution in [0.25, 0.3) is 0 Å². The van der Waals surface area contributed by atoms with Gasteiger partial charge in [-0.1, -0.05) is 0 Å². The second-order valence-electron chi connectivity index (χ2n) is 7.69. The predicted octanol–water partition coefficient (Wildman–Crippen LogP) is 4.68. The van der Waals surface area contributed by atoms with Gasteiger partial charge >= 0.3 is 6.09 Å². The van der Waals surface area contributed by atoms with Crippen molar-refractivity contribution in [1.29, 1.82) is 0 Å². The molecule has 0 spiro atoms. The van der Waals surface area contributed by atoms with Crippen LogP contribution in [0.15, 0.2) is 41.9 Å². The summed E-state index contributed by atoms with van der Waals surface area (Å²) in [6.07, 6.45) is 7.05. The molecule has 0 radical (unpaired) electrons. The zero-order chi connectivity index (χ0) is 21.8. The summed E-state index contributed by atoms with van der Waals surface area (Å²) in [5, 5.41) is 2.79. The summed E-state index contributed by atoms with van der Waals surface area (Å²) in [6, 6.07) is -0.149. The van der Waals surface area contributed by atoms with Crippen molar-refractivity contribution in [1.82, 2.24) is 14.9 Å². The zero-order valence-corrected chi connectivity index (χ0v) is 18.1. The molecule has 0 saturated heterocycles.